The minimum Gasteiger partial charge on any atom is -0.462 e. The minimum atomic E-state index is -4.61. The molecule has 0 aliphatic rings. The quantitative estimate of drug-likeness (QED) is 0.0240. The van der Waals surface area contributed by atoms with Crippen molar-refractivity contribution in [1.82, 2.24) is 0 Å². The van der Waals surface area contributed by atoms with Crippen LogP contribution in [0.15, 0.2) is 12.2 Å². The molecule has 0 bridgehead atoms. The molecule has 0 saturated heterocycles. The molecule has 0 aromatic heterocycles. The Morgan fingerprint density at radius 3 is 1.45 bits per heavy atom. The molecule has 3 N–H and O–H groups in total. The Bertz CT molecular complexity index is 868. The van der Waals surface area contributed by atoms with E-state index in [4.69, 9.17) is 19.1 Å². The highest BCUT2D eigenvalue weighted by atomic mass is 31.2. The number of esters is 2. The Morgan fingerprint density at radius 2 is 0.961 bits per heavy atom. The van der Waals surface area contributed by atoms with E-state index in [0.717, 1.165) is 57.8 Å². The summed E-state index contributed by atoms with van der Waals surface area (Å²) in [6.07, 6.45) is 33.2. The molecule has 0 heterocycles. The zero-order valence-electron chi connectivity index (χ0n) is 32.6. The SMILES string of the molecule is CCCCC/C=C/CCCCCCCC(=O)OC[C@H](COP(=O)(O)OC[C@@H](O)CO)OC(=O)CCCCCCCCCCCCCCCCCC. The average Bonchev–Trinajstić information content (AvgIpc) is 3.12. The molecule has 3 atom stereocenters. The summed E-state index contributed by atoms with van der Waals surface area (Å²) < 4.78 is 32.6. The van der Waals surface area contributed by atoms with Crippen LogP contribution in [0.4, 0.5) is 0 Å². The van der Waals surface area contributed by atoms with Gasteiger partial charge < -0.3 is 24.6 Å². The molecule has 302 valence electrons. The van der Waals surface area contributed by atoms with Gasteiger partial charge in [0.25, 0.3) is 0 Å². The highest BCUT2D eigenvalue weighted by molar-refractivity contribution is 7.47. The average molecular weight is 749 g/mol. The van der Waals surface area contributed by atoms with Crippen LogP contribution in [0.2, 0.25) is 0 Å². The van der Waals surface area contributed by atoms with Gasteiger partial charge in [-0.2, -0.15) is 0 Å². The summed E-state index contributed by atoms with van der Waals surface area (Å²) in [6.45, 7) is 2.36. The Balaban J connectivity index is 4.30. The van der Waals surface area contributed by atoms with E-state index in [1.807, 2.05) is 0 Å². The molecule has 0 saturated carbocycles. The van der Waals surface area contributed by atoms with E-state index in [2.05, 4.69) is 30.5 Å². The molecule has 10 nitrogen and oxygen atoms in total. The summed E-state index contributed by atoms with van der Waals surface area (Å²) in [4.78, 5) is 34.9. The predicted octanol–water partition coefficient (Wildman–Crippen LogP) is 10.4. The van der Waals surface area contributed by atoms with Gasteiger partial charge in [-0.3, -0.25) is 18.6 Å². The number of allylic oxidation sites excluding steroid dienone is 2. The number of rotatable bonds is 39. The Morgan fingerprint density at radius 1 is 0.569 bits per heavy atom. The number of ether oxygens (including phenoxy) is 2. The molecule has 1 unspecified atom stereocenters. The van der Waals surface area contributed by atoms with Crippen molar-refractivity contribution in [2.45, 2.75) is 206 Å². The van der Waals surface area contributed by atoms with Crippen molar-refractivity contribution < 1.29 is 47.8 Å². The van der Waals surface area contributed by atoms with Gasteiger partial charge in [0.15, 0.2) is 6.10 Å². The molecule has 0 aliphatic heterocycles. The molecule has 0 aliphatic carbocycles. The molecule has 11 heteroatoms. The van der Waals surface area contributed by atoms with Crippen molar-refractivity contribution in [2.24, 2.45) is 0 Å². The summed E-state index contributed by atoms with van der Waals surface area (Å²) in [6, 6.07) is 0. The lowest BCUT2D eigenvalue weighted by Gasteiger charge is -2.20. The third kappa shape index (κ3) is 36.8. The summed E-state index contributed by atoms with van der Waals surface area (Å²) in [7, 11) is -4.61. The topological polar surface area (TPSA) is 149 Å². The number of aliphatic hydroxyl groups excluding tert-OH is 2. The van der Waals surface area contributed by atoms with Crippen molar-refractivity contribution >= 4 is 19.8 Å². The molecular formula is C40H77O10P. The Hall–Kier alpha value is -1.29. The van der Waals surface area contributed by atoms with Gasteiger partial charge in [0, 0.05) is 12.8 Å². The molecule has 0 spiro atoms. The summed E-state index contributed by atoms with van der Waals surface area (Å²) in [5.74, 6) is -0.927. The monoisotopic (exact) mass is 749 g/mol. The number of aliphatic hydroxyl groups is 2. The van der Waals surface area contributed by atoms with Crippen molar-refractivity contribution in [3.63, 3.8) is 0 Å². The second kappa shape index (κ2) is 37.0. The van der Waals surface area contributed by atoms with Crippen LogP contribution in [0, 0.1) is 0 Å². The van der Waals surface area contributed by atoms with Gasteiger partial charge in [-0.05, 0) is 38.5 Å². The zero-order valence-corrected chi connectivity index (χ0v) is 33.5. The molecule has 0 amide bonds. The fraction of sp³-hybridized carbons (Fsp3) is 0.900. The number of carbonyl (C=O) groups excluding carboxylic acids is 2. The van der Waals surface area contributed by atoms with Crippen LogP contribution in [0.1, 0.15) is 194 Å². The normalized spacial score (nSPS) is 14.1. The highest BCUT2D eigenvalue weighted by Gasteiger charge is 2.27. The van der Waals surface area contributed by atoms with E-state index in [-0.39, 0.29) is 19.4 Å². The van der Waals surface area contributed by atoms with Crippen LogP contribution < -0.4 is 0 Å². The number of hydrogen-bond acceptors (Lipinski definition) is 9. The van der Waals surface area contributed by atoms with Crippen LogP contribution in [0.5, 0.6) is 0 Å². The van der Waals surface area contributed by atoms with E-state index in [9.17, 15) is 24.2 Å². The Kier molecular flexibility index (Phi) is 36.1. The lowest BCUT2D eigenvalue weighted by atomic mass is 10.0. The summed E-state index contributed by atoms with van der Waals surface area (Å²) in [5.41, 5.74) is 0. The smallest absolute Gasteiger partial charge is 0.462 e. The molecular weight excluding hydrogens is 671 g/mol. The van der Waals surface area contributed by atoms with Crippen LogP contribution in [-0.2, 0) is 32.7 Å². The van der Waals surface area contributed by atoms with Crippen molar-refractivity contribution in [1.29, 1.82) is 0 Å². The minimum absolute atomic E-state index is 0.188. The molecule has 0 fully saturated rings. The van der Waals surface area contributed by atoms with Crippen LogP contribution in [0.3, 0.4) is 0 Å². The van der Waals surface area contributed by atoms with E-state index in [1.165, 1.54) is 96.3 Å². The van der Waals surface area contributed by atoms with Gasteiger partial charge in [-0.1, -0.05) is 154 Å². The summed E-state index contributed by atoms with van der Waals surface area (Å²) in [5, 5.41) is 18.3. The second-order valence-electron chi connectivity index (χ2n) is 14.0. The first-order valence-electron chi connectivity index (χ1n) is 20.6. The highest BCUT2D eigenvalue weighted by Crippen LogP contribution is 2.43. The maximum atomic E-state index is 12.6. The van der Waals surface area contributed by atoms with Crippen LogP contribution in [-0.4, -0.2) is 65.7 Å². The largest absolute Gasteiger partial charge is 0.472 e. The van der Waals surface area contributed by atoms with E-state index < -0.39 is 51.8 Å². The van der Waals surface area contributed by atoms with E-state index in [1.54, 1.807) is 0 Å². The van der Waals surface area contributed by atoms with E-state index >= 15 is 0 Å². The third-order valence-corrected chi connectivity index (χ3v) is 9.87. The number of phosphoric acid groups is 1. The van der Waals surface area contributed by atoms with Crippen molar-refractivity contribution in [3.05, 3.63) is 12.2 Å². The van der Waals surface area contributed by atoms with Crippen molar-refractivity contribution in [2.75, 3.05) is 26.4 Å². The van der Waals surface area contributed by atoms with Crippen LogP contribution in [0.25, 0.3) is 0 Å². The van der Waals surface area contributed by atoms with E-state index in [0.29, 0.717) is 12.8 Å². The number of carbonyl (C=O) groups is 2. The lowest BCUT2D eigenvalue weighted by Crippen LogP contribution is -2.29. The predicted molar refractivity (Wildman–Crippen MR) is 205 cm³/mol. The van der Waals surface area contributed by atoms with Gasteiger partial charge in [-0.15, -0.1) is 0 Å². The maximum Gasteiger partial charge on any atom is 0.472 e. The maximum absolute atomic E-state index is 12.6. The van der Waals surface area contributed by atoms with Gasteiger partial charge in [-0.25, -0.2) is 4.57 Å². The number of phosphoric ester groups is 1. The first kappa shape index (κ1) is 49.7. The van der Waals surface area contributed by atoms with Gasteiger partial charge >= 0.3 is 19.8 Å². The van der Waals surface area contributed by atoms with Crippen LogP contribution >= 0.6 is 7.82 Å². The molecule has 0 aromatic carbocycles. The first-order chi connectivity index (χ1) is 24.7. The number of hydrogen-bond donors (Lipinski definition) is 3. The molecule has 0 rings (SSSR count). The fourth-order valence-electron chi connectivity index (χ4n) is 5.69. The third-order valence-electron chi connectivity index (χ3n) is 8.92. The first-order valence-corrected chi connectivity index (χ1v) is 22.1. The molecule has 51 heavy (non-hydrogen) atoms. The molecule has 0 aromatic rings. The standard InChI is InChI=1S/C40H77O10P/c1-3-5-7-9-11-13-15-17-18-19-20-22-24-26-28-30-32-40(44)50-38(36-49-51(45,46)48-34-37(42)33-41)35-47-39(43)31-29-27-25-23-21-16-14-12-10-8-6-4-2/h12,14,37-38,41-42H,3-11,13,15-36H2,1-2H3,(H,45,46)/b14-12+/t37-,38+/m0/s1. The van der Waals surface area contributed by atoms with Gasteiger partial charge in [0.1, 0.15) is 12.7 Å². The Labute approximate surface area is 311 Å². The van der Waals surface area contributed by atoms with Gasteiger partial charge in [0.2, 0.25) is 0 Å². The van der Waals surface area contributed by atoms with Gasteiger partial charge in [0.05, 0.1) is 19.8 Å². The van der Waals surface area contributed by atoms with Crippen molar-refractivity contribution in [3.8, 4) is 0 Å². The zero-order chi connectivity index (χ0) is 37.7. The lowest BCUT2D eigenvalue weighted by molar-refractivity contribution is -0.161. The second-order valence-corrected chi connectivity index (χ2v) is 15.5. The number of unbranched alkanes of at least 4 members (excludes halogenated alkanes) is 23. The fourth-order valence-corrected chi connectivity index (χ4v) is 6.48. The molecule has 0 radical (unpaired) electrons. The summed E-state index contributed by atoms with van der Waals surface area (Å²) >= 11 is 0.